The Morgan fingerprint density at radius 2 is 1.96 bits per heavy atom. The quantitative estimate of drug-likeness (QED) is 0.640. The van der Waals surface area contributed by atoms with Gasteiger partial charge in [0.15, 0.2) is 11.6 Å². The number of aromatic hydroxyl groups is 1. The number of phenols is 1. The van der Waals surface area contributed by atoms with E-state index in [1.807, 2.05) is 4.90 Å². The fourth-order valence-corrected chi connectivity index (χ4v) is 2.94. The second-order valence-corrected chi connectivity index (χ2v) is 5.52. The summed E-state index contributed by atoms with van der Waals surface area (Å²) in [6.07, 6.45) is -2.23. The van der Waals surface area contributed by atoms with E-state index in [0.29, 0.717) is 51.2 Å². The molecule has 0 aromatic heterocycles. The number of benzene rings is 1. The zero-order valence-corrected chi connectivity index (χ0v) is 12.7. The first kappa shape index (κ1) is 17.7. The molecule has 0 unspecified atom stereocenters. The van der Waals surface area contributed by atoms with Crippen LogP contribution in [0.3, 0.4) is 0 Å². The third-order valence-corrected chi connectivity index (χ3v) is 4.04. The second-order valence-electron chi connectivity index (χ2n) is 5.52. The van der Waals surface area contributed by atoms with Gasteiger partial charge in [0.25, 0.3) is 0 Å². The molecule has 1 heterocycles. The Hall–Kier alpha value is -1.60. The molecule has 0 saturated carbocycles. The minimum atomic E-state index is -4.65. The molecule has 1 aliphatic rings. The zero-order valence-electron chi connectivity index (χ0n) is 12.7. The highest BCUT2D eigenvalue weighted by atomic mass is 19.4. The summed E-state index contributed by atoms with van der Waals surface area (Å²) in [7, 11) is 0. The van der Waals surface area contributed by atoms with Gasteiger partial charge in [-0.1, -0.05) is 6.08 Å². The summed E-state index contributed by atoms with van der Waals surface area (Å²) in [5.41, 5.74) is -1.36. The summed E-state index contributed by atoms with van der Waals surface area (Å²) in [4.78, 5) is 1.85. The molecule has 1 aromatic rings. The third kappa shape index (κ3) is 4.03. The Morgan fingerprint density at radius 1 is 1.30 bits per heavy atom. The first-order valence-corrected chi connectivity index (χ1v) is 7.50. The Labute approximate surface area is 132 Å². The van der Waals surface area contributed by atoms with E-state index in [0.717, 1.165) is 0 Å². The number of nitrogens with zero attached hydrogens (tertiary/aromatic N) is 1. The van der Waals surface area contributed by atoms with Crippen LogP contribution in [0.25, 0.3) is 0 Å². The van der Waals surface area contributed by atoms with Gasteiger partial charge in [0, 0.05) is 37.8 Å². The highest BCUT2D eigenvalue weighted by Crippen LogP contribution is 2.43. The number of piperazine rings is 1. The number of nitrogens with one attached hydrogen (secondary N) is 1. The maximum Gasteiger partial charge on any atom is 0.416 e. The van der Waals surface area contributed by atoms with Crippen molar-refractivity contribution in [3.63, 3.8) is 0 Å². The molecular formula is C16H20F4N2O. The summed E-state index contributed by atoms with van der Waals surface area (Å²) in [6.45, 7) is 5.95. The Balaban J connectivity index is 2.51. The van der Waals surface area contributed by atoms with Crippen molar-refractivity contribution in [3.05, 3.63) is 41.7 Å². The van der Waals surface area contributed by atoms with Crippen molar-refractivity contribution >= 4 is 0 Å². The van der Waals surface area contributed by atoms with Gasteiger partial charge in [0.05, 0.1) is 5.56 Å². The number of phenolic OH excluding ortho intramolecular Hbond substituents is 1. The van der Waals surface area contributed by atoms with Crippen LogP contribution in [0, 0.1) is 5.82 Å². The predicted octanol–water partition coefficient (Wildman–Crippen LogP) is 3.46. The molecule has 2 N–H and O–H groups in total. The molecule has 1 aromatic carbocycles. The van der Waals surface area contributed by atoms with Gasteiger partial charge in [-0.3, -0.25) is 4.90 Å². The van der Waals surface area contributed by atoms with Crippen LogP contribution in [-0.2, 0) is 6.18 Å². The van der Waals surface area contributed by atoms with Gasteiger partial charge >= 0.3 is 6.18 Å². The number of hydrogen-bond acceptors (Lipinski definition) is 3. The minimum Gasteiger partial charge on any atom is -0.505 e. The van der Waals surface area contributed by atoms with E-state index in [1.54, 1.807) is 6.08 Å². The molecule has 0 aliphatic carbocycles. The van der Waals surface area contributed by atoms with E-state index in [2.05, 4.69) is 11.9 Å². The summed E-state index contributed by atoms with van der Waals surface area (Å²) < 4.78 is 53.7. The molecule has 3 nitrogen and oxygen atoms in total. The molecule has 0 bridgehead atoms. The first-order valence-electron chi connectivity index (χ1n) is 7.50. The smallest absolute Gasteiger partial charge is 0.416 e. The van der Waals surface area contributed by atoms with Gasteiger partial charge in [-0.15, -0.1) is 6.58 Å². The van der Waals surface area contributed by atoms with E-state index in [4.69, 9.17) is 0 Å². The average molecular weight is 332 g/mol. The van der Waals surface area contributed by atoms with E-state index in [-0.39, 0.29) is 5.56 Å². The summed E-state index contributed by atoms with van der Waals surface area (Å²) in [5, 5.41) is 13.1. The normalized spacial score (nSPS) is 17.9. The summed E-state index contributed by atoms with van der Waals surface area (Å²) in [6, 6.07) is 0.653. The lowest BCUT2D eigenvalue weighted by Gasteiger charge is -2.36. The number of allylic oxidation sites excluding steroid dienone is 1. The van der Waals surface area contributed by atoms with E-state index >= 15 is 0 Å². The standard InChI is InChI=1S/C16H20F4N2O/c1-2-3-4-13(22-9-7-21-8-10-22)14-11(16(18,19)20)5-6-12(17)15(14)23/h2,5-6,13,21,23H,1,3-4,7-10H2/t13-/m1/s1. The SMILES string of the molecule is C=CCC[C@H](c1c(C(F)(F)F)ccc(F)c1O)N1CCNCC1. The lowest BCUT2D eigenvalue weighted by atomic mass is 9.93. The van der Waals surface area contributed by atoms with E-state index in [1.165, 1.54) is 0 Å². The number of alkyl halides is 3. The van der Waals surface area contributed by atoms with Crippen molar-refractivity contribution < 1.29 is 22.7 Å². The van der Waals surface area contributed by atoms with Gasteiger partial charge in [0.2, 0.25) is 0 Å². The molecule has 2 rings (SSSR count). The Bertz CT molecular complexity index is 554. The van der Waals surface area contributed by atoms with Crippen molar-refractivity contribution in [3.8, 4) is 5.75 Å². The molecule has 1 saturated heterocycles. The van der Waals surface area contributed by atoms with Crippen LogP contribution in [0.5, 0.6) is 5.75 Å². The van der Waals surface area contributed by atoms with Gasteiger partial charge in [0.1, 0.15) is 0 Å². The molecule has 7 heteroatoms. The topological polar surface area (TPSA) is 35.5 Å². The molecule has 1 fully saturated rings. The molecular weight excluding hydrogens is 312 g/mol. The van der Waals surface area contributed by atoms with Crippen LogP contribution in [0.2, 0.25) is 0 Å². The minimum absolute atomic E-state index is 0.337. The van der Waals surface area contributed by atoms with Crippen LogP contribution in [0.1, 0.15) is 30.0 Å². The summed E-state index contributed by atoms with van der Waals surface area (Å²) >= 11 is 0. The molecule has 0 radical (unpaired) electrons. The van der Waals surface area contributed by atoms with Gasteiger partial charge < -0.3 is 10.4 Å². The Kier molecular flexibility index (Phi) is 5.64. The molecule has 0 spiro atoms. The van der Waals surface area contributed by atoms with E-state index in [9.17, 15) is 22.7 Å². The first-order chi connectivity index (χ1) is 10.9. The van der Waals surface area contributed by atoms with Crippen molar-refractivity contribution in [2.24, 2.45) is 0 Å². The highest BCUT2D eigenvalue weighted by molar-refractivity contribution is 5.44. The molecule has 1 atom stereocenters. The maximum absolute atomic E-state index is 13.7. The van der Waals surface area contributed by atoms with Crippen LogP contribution >= 0.6 is 0 Å². The van der Waals surface area contributed by atoms with Gasteiger partial charge in [-0.05, 0) is 25.0 Å². The van der Waals surface area contributed by atoms with Crippen molar-refractivity contribution in [1.82, 2.24) is 10.2 Å². The number of halogens is 4. The Morgan fingerprint density at radius 3 is 2.52 bits per heavy atom. The molecule has 128 valence electrons. The van der Waals surface area contributed by atoms with Crippen LogP contribution in [0.15, 0.2) is 24.8 Å². The van der Waals surface area contributed by atoms with Crippen LogP contribution in [0.4, 0.5) is 17.6 Å². The van der Waals surface area contributed by atoms with Gasteiger partial charge in [-0.25, -0.2) is 4.39 Å². The molecule has 1 aliphatic heterocycles. The van der Waals surface area contributed by atoms with Gasteiger partial charge in [-0.2, -0.15) is 13.2 Å². The number of rotatable bonds is 5. The van der Waals surface area contributed by atoms with Crippen molar-refractivity contribution in [2.45, 2.75) is 25.1 Å². The second kappa shape index (κ2) is 7.31. The van der Waals surface area contributed by atoms with Crippen molar-refractivity contribution in [1.29, 1.82) is 0 Å². The fraction of sp³-hybridized carbons (Fsp3) is 0.500. The number of hydrogen-bond donors (Lipinski definition) is 2. The summed E-state index contributed by atoms with van der Waals surface area (Å²) in [5.74, 6) is -1.95. The predicted molar refractivity (Wildman–Crippen MR) is 79.7 cm³/mol. The van der Waals surface area contributed by atoms with Crippen LogP contribution < -0.4 is 5.32 Å². The van der Waals surface area contributed by atoms with E-state index < -0.39 is 29.3 Å². The molecule has 0 amide bonds. The van der Waals surface area contributed by atoms with Crippen molar-refractivity contribution in [2.75, 3.05) is 26.2 Å². The maximum atomic E-state index is 13.7. The lowest BCUT2D eigenvalue weighted by molar-refractivity contribution is -0.139. The zero-order chi connectivity index (χ0) is 17.0. The lowest BCUT2D eigenvalue weighted by Crippen LogP contribution is -2.45. The molecule has 23 heavy (non-hydrogen) atoms. The average Bonchev–Trinajstić information content (AvgIpc) is 2.51. The fourth-order valence-electron chi connectivity index (χ4n) is 2.94. The monoisotopic (exact) mass is 332 g/mol. The van der Waals surface area contributed by atoms with Crippen LogP contribution in [-0.4, -0.2) is 36.2 Å². The third-order valence-electron chi connectivity index (χ3n) is 4.04. The largest absolute Gasteiger partial charge is 0.505 e. The highest BCUT2D eigenvalue weighted by Gasteiger charge is 2.39.